The van der Waals surface area contributed by atoms with E-state index < -0.39 is 0 Å². The summed E-state index contributed by atoms with van der Waals surface area (Å²) in [6.07, 6.45) is 1.62. The molecule has 0 aliphatic rings. The fourth-order valence-electron chi connectivity index (χ4n) is 2.57. The number of benzene rings is 1. The average molecular weight is 365 g/mol. The summed E-state index contributed by atoms with van der Waals surface area (Å²) >= 11 is 7.79. The number of aromatic nitrogens is 1. The lowest BCUT2D eigenvalue weighted by Gasteiger charge is -2.16. The second-order valence-electron chi connectivity index (χ2n) is 6.90. The molecule has 1 amide bonds. The van der Waals surface area contributed by atoms with E-state index in [-0.39, 0.29) is 11.3 Å². The van der Waals surface area contributed by atoms with Crippen LogP contribution in [0, 0.1) is 6.92 Å². The van der Waals surface area contributed by atoms with Crippen molar-refractivity contribution in [1.29, 1.82) is 0 Å². The zero-order valence-corrected chi connectivity index (χ0v) is 16.8. The van der Waals surface area contributed by atoms with Crippen molar-refractivity contribution >= 4 is 34.5 Å². The van der Waals surface area contributed by atoms with Gasteiger partial charge in [-0.25, -0.2) is 4.98 Å². The number of aryl methyl sites for hydroxylation is 2. The van der Waals surface area contributed by atoms with Gasteiger partial charge in [-0.1, -0.05) is 52.3 Å². The van der Waals surface area contributed by atoms with E-state index in [0.29, 0.717) is 9.90 Å². The molecule has 1 N–H and O–H groups in total. The molecule has 0 spiro atoms. The van der Waals surface area contributed by atoms with Crippen LogP contribution in [-0.4, -0.2) is 10.9 Å². The summed E-state index contributed by atoms with van der Waals surface area (Å²) < 4.78 is 0. The number of carbonyl (C=O) groups excluding carboxylic acids is 1. The van der Waals surface area contributed by atoms with E-state index in [1.54, 1.807) is 0 Å². The molecule has 0 unspecified atom stereocenters. The minimum Gasteiger partial charge on any atom is -0.321 e. The van der Waals surface area contributed by atoms with Gasteiger partial charge in [-0.3, -0.25) is 4.79 Å². The van der Waals surface area contributed by atoms with Crippen LogP contribution in [0.4, 0.5) is 5.69 Å². The molecule has 0 saturated heterocycles. The van der Waals surface area contributed by atoms with Gasteiger partial charge >= 0.3 is 0 Å². The van der Waals surface area contributed by atoms with Crippen molar-refractivity contribution in [3.05, 3.63) is 43.9 Å². The Morgan fingerprint density at radius 3 is 2.42 bits per heavy atom. The molecule has 1 aromatic heterocycles. The van der Waals surface area contributed by atoms with Gasteiger partial charge in [0.2, 0.25) is 0 Å². The summed E-state index contributed by atoms with van der Waals surface area (Å²) in [6.45, 7) is 12.3. The van der Waals surface area contributed by atoms with E-state index in [4.69, 9.17) is 11.6 Å². The highest BCUT2D eigenvalue weighted by Gasteiger charge is 2.24. The molecule has 0 saturated carbocycles. The van der Waals surface area contributed by atoms with Crippen LogP contribution < -0.4 is 5.32 Å². The second kappa shape index (κ2) is 7.24. The maximum atomic E-state index is 12.8. The van der Waals surface area contributed by atoms with E-state index in [2.05, 4.69) is 38.0 Å². The lowest BCUT2D eigenvalue weighted by molar-refractivity contribution is 0.102. The fourth-order valence-corrected chi connectivity index (χ4v) is 3.88. The monoisotopic (exact) mass is 364 g/mol. The Balaban J connectivity index is 2.41. The van der Waals surface area contributed by atoms with Gasteiger partial charge in [0.15, 0.2) is 0 Å². The van der Waals surface area contributed by atoms with Crippen LogP contribution in [0.25, 0.3) is 0 Å². The third kappa shape index (κ3) is 3.81. The Labute approximate surface area is 153 Å². The van der Waals surface area contributed by atoms with Crippen molar-refractivity contribution < 1.29 is 4.79 Å². The average Bonchev–Trinajstić information content (AvgIpc) is 2.90. The van der Waals surface area contributed by atoms with Crippen LogP contribution in [0.15, 0.2) is 12.1 Å². The topological polar surface area (TPSA) is 42.0 Å². The number of anilines is 1. The summed E-state index contributed by atoms with van der Waals surface area (Å²) in [5.41, 5.74) is 3.65. The first kappa shape index (κ1) is 18.9. The molecule has 2 aromatic rings. The van der Waals surface area contributed by atoms with Crippen LogP contribution >= 0.6 is 22.9 Å². The molecule has 5 heteroatoms. The Morgan fingerprint density at radius 1 is 1.25 bits per heavy atom. The number of carbonyl (C=O) groups is 1. The molecule has 0 aliphatic heterocycles. The highest BCUT2D eigenvalue weighted by Crippen LogP contribution is 2.32. The molecule has 24 heavy (non-hydrogen) atoms. The van der Waals surface area contributed by atoms with E-state index in [0.717, 1.165) is 40.4 Å². The van der Waals surface area contributed by atoms with Crippen LogP contribution in [0.2, 0.25) is 5.02 Å². The van der Waals surface area contributed by atoms with Crippen molar-refractivity contribution in [2.45, 2.75) is 59.8 Å². The van der Waals surface area contributed by atoms with E-state index in [1.165, 1.54) is 11.3 Å². The van der Waals surface area contributed by atoms with Gasteiger partial charge in [0.1, 0.15) is 4.88 Å². The van der Waals surface area contributed by atoms with Gasteiger partial charge in [0.25, 0.3) is 5.91 Å². The molecule has 130 valence electrons. The molecule has 0 radical (unpaired) electrons. The Bertz CT molecular complexity index is 759. The van der Waals surface area contributed by atoms with Crippen LogP contribution in [0.5, 0.6) is 0 Å². The Hall–Kier alpha value is -1.39. The van der Waals surface area contributed by atoms with Crippen LogP contribution in [-0.2, 0) is 18.3 Å². The van der Waals surface area contributed by atoms with Gasteiger partial charge in [0.05, 0.1) is 10.7 Å². The Morgan fingerprint density at radius 2 is 1.92 bits per heavy atom. The number of hydrogen-bond donors (Lipinski definition) is 1. The molecule has 0 aliphatic carbocycles. The SMILES string of the molecule is CCc1ccc(Cl)c(CC)c1NC(=O)c1sc(C(C)(C)C)nc1C. The quantitative estimate of drug-likeness (QED) is 0.747. The van der Waals surface area contributed by atoms with Crippen LogP contribution in [0.3, 0.4) is 0 Å². The lowest BCUT2D eigenvalue weighted by Crippen LogP contribution is -2.15. The number of halogens is 1. The van der Waals surface area contributed by atoms with E-state index in [1.807, 2.05) is 26.0 Å². The van der Waals surface area contributed by atoms with Crippen molar-refractivity contribution in [3.8, 4) is 0 Å². The first-order valence-electron chi connectivity index (χ1n) is 8.28. The lowest BCUT2D eigenvalue weighted by atomic mass is 9.98. The largest absolute Gasteiger partial charge is 0.321 e. The minimum atomic E-state index is -0.104. The summed E-state index contributed by atoms with van der Waals surface area (Å²) in [5, 5.41) is 4.76. The number of nitrogens with zero attached hydrogens (tertiary/aromatic N) is 1. The first-order chi connectivity index (χ1) is 11.2. The summed E-state index contributed by atoms with van der Waals surface area (Å²) in [7, 11) is 0. The van der Waals surface area contributed by atoms with Gasteiger partial charge in [-0.2, -0.15) is 0 Å². The van der Waals surface area contributed by atoms with Crippen LogP contribution in [0.1, 0.15) is 66.1 Å². The maximum Gasteiger partial charge on any atom is 0.267 e. The van der Waals surface area contributed by atoms with E-state index in [9.17, 15) is 4.79 Å². The van der Waals surface area contributed by atoms with Crippen molar-refractivity contribution in [2.24, 2.45) is 0 Å². The summed E-state index contributed by atoms with van der Waals surface area (Å²) in [6, 6.07) is 3.89. The third-order valence-corrected chi connectivity index (χ3v) is 5.90. The van der Waals surface area contributed by atoms with Gasteiger partial charge in [-0.15, -0.1) is 11.3 Å². The number of rotatable bonds is 4. The first-order valence-corrected chi connectivity index (χ1v) is 9.48. The number of amides is 1. The molecule has 1 heterocycles. The third-order valence-electron chi connectivity index (χ3n) is 3.96. The molecular formula is C19H25ClN2OS. The molecule has 3 nitrogen and oxygen atoms in total. The van der Waals surface area contributed by atoms with Gasteiger partial charge < -0.3 is 5.32 Å². The van der Waals surface area contributed by atoms with Crippen molar-refractivity contribution in [2.75, 3.05) is 5.32 Å². The van der Waals surface area contributed by atoms with Gasteiger partial charge in [0, 0.05) is 16.1 Å². The highest BCUT2D eigenvalue weighted by molar-refractivity contribution is 7.14. The summed E-state index contributed by atoms with van der Waals surface area (Å²) in [5.74, 6) is -0.104. The highest BCUT2D eigenvalue weighted by atomic mass is 35.5. The maximum absolute atomic E-state index is 12.8. The van der Waals surface area contributed by atoms with Crippen molar-refractivity contribution in [1.82, 2.24) is 4.98 Å². The summed E-state index contributed by atoms with van der Waals surface area (Å²) in [4.78, 5) is 18.1. The smallest absolute Gasteiger partial charge is 0.267 e. The Kier molecular flexibility index (Phi) is 5.71. The fraction of sp³-hybridized carbons (Fsp3) is 0.474. The molecule has 1 aromatic carbocycles. The molecule has 2 rings (SSSR count). The predicted molar refractivity (Wildman–Crippen MR) is 104 cm³/mol. The van der Waals surface area contributed by atoms with Crippen molar-refractivity contribution in [3.63, 3.8) is 0 Å². The van der Waals surface area contributed by atoms with E-state index >= 15 is 0 Å². The number of thiazole rings is 1. The minimum absolute atomic E-state index is 0.0623. The number of nitrogens with one attached hydrogen (secondary N) is 1. The molecule has 0 fully saturated rings. The molecular weight excluding hydrogens is 340 g/mol. The number of hydrogen-bond acceptors (Lipinski definition) is 3. The second-order valence-corrected chi connectivity index (χ2v) is 8.31. The molecule has 0 bridgehead atoms. The van der Waals surface area contributed by atoms with Gasteiger partial charge in [-0.05, 0) is 37.0 Å². The normalized spacial score (nSPS) is 11.6. The zero-order chi connectivity index (χ0) is 18.1. The zero-order valence-electron chi connectivity index (χ0n) is 15.2. The standard InChI is InChI=1S/C19H25ClN2OS/c1-7-12-9-10-14(20)13(8-2)15(12)22-17(23)16-11(3)21-18(24-16)19(4,5)6/h9-10H,7-8H2,1-6H3,(H,22,23). The molecule has 0 atom stereocenters. The predicted octanol–water partition coefficient (Wildman–Crippen LogP) is 5.78.